The first-order valence-corrected chi connectivity index (χ1v) is 7.37. The van der Waals surface area contributed by atoms with Gasteiger partial charge in [0.2, 0.25) is 10.0 Å². The first kappa shape index (κ1) is 15.2. The molecule has 0 aliphatic carbocycles. The molecule has 0 saturated carbocycles. The predicted molar refractivity (Wildman–Crippen MR) is 76.7 cm³/mol. The zero-order valence-corrected chi connectivity index (χ0v) is 11.8. The molecule has 0 spiro atoms. The smallest absolute Gasteiger partial charge is 0.240 e. The second-order valence-corrected chi connectivity index (χ2v) is 6.07. The molecular weight excluding hydrogens is 300 g/mol. The Balaban J connectivity index is 2.37. The van der Waals surface area contributed by atoms with Gasteiger partial charge in [-0.25, -0.2) is 21.9 Å². The van der Waals surface area contributed by atoms with E-state index in [4.69, 9.17) is 5.73 Å². The summed E-state index contributed by atoms with van der Waals surface area (Å²) in [5.41, 5.74) is 6.01. The molecule has 2 aromatic rings. The fourth-order valence-corrected chi connectivity index (χ4v) is 2.45. The molecule has 8 heteroatoms. The van der Waals surface area contributed by atoms with Crippen LogP contribution in [0.1, 0.15) is 0 Å². The molecule has 2 aromatic carbocycles. The van der Waals surface area contributed by atoms with E-state index < -0.39 is 21.7 Å². The summed E-state index contributed by atoms with van der Waals surface area (Å²) in [6.07, 6.45) is 0. The lowest BCUT2D eigenvalue weighted by atomic mass is 10.2. The fourth-order valence-electron chi connectivity index (χ4n) is 1.69. The van der Waals surface area contributed by atoms with Gasteiger partial charge in [-0.05, 0) is 37.4 Å². The van der Waals surface area contributed by atoms with Gasteiger partial charge in [0.1, 0.15) is 0 Å². The SMILES string of the molecule is CNS(=O)(=O)c1ccc(Nc2cccc(F)c2F)c(N)c1. The van der Waals surface area contributed by atoms with Gasteiger partial charge >= 0.3 is 0 Å². The quantitative estimate of drug-likeness (QED) is 0.756. The van der Waals surface area contributed by atoms with E-state index in [9.17, 15) is 17.2 Å². The molecule has 0 heterocycles. The van der Waals surface area contributed by atoms with Crippen LogP contribution in [-0.2, 0) is 10.0 Å². The highest BCUT2D eigenvalue weighted by molar-refractivity contribution is 7.89. The van der Waals surface area contributed by atoms with Crippen LogP contribution in [-0.4, -0.2) is 15.5 Å². The third kappa shape index (κ3) is 3.11. The van der Waals surface area contributed by atoms with Gasteiger partial charge in [0.05, 0.1) is 22.0 Å². The van der Waals surface area contributed by atoms with Gasteiger partial charge in [0.25, 0.3) is 0 Å². The molecule has 0 aromatic heterocycles. The molecule has 4 N–H and O–H groups in total. The first-order chi connectivity index (χ1) is 9.85. The van der Waals surface area contributed by atoms with Gasteiger partial charge in [-0.15, -0.1) is 0 Å². The molecule has 5 nitrogen and oxygen atoms in total. The molecule has 21 heavy (non-hydrogen) atoms. The molecule has 2 rings (SSSR count). The summed E-state index contributed by atoms with van der Waals surface area (Å²) >= 11 is 0. The molecule has 0 atom stereocenters. The minimum absolute atomic E-state index is 0.0206. The van der Waals surface area contributed by atoms with Crippen LogP contribution in [0.2, 0.25) is 0 Å². The molecule has 0 radical (unpaired) electrons. The van der Waals surface area contributed by atoms with Gasteiger partial charge in [-0.2, -0.15) is 0 Å². The van der Waals surface area contributed by atoms with Crippen LogP contribution in [0.3, 0.4) is 0 Å². The van der Waals surface area contributed by atoms with Crippen LogP contribution in [0.4, 0.5) is 25.8 Å². The highest BCUT2D eigenvalue weighted by Gasteiger charge is 2.14. The topological polar surface area (TPSA) is 84.2 Å². The largest absolute Gasteiger partial charge is 0.397 e. The number of nitrogen functional groups attached to an aromatic ring is 1. The van der Waals surface area contributed by atoms with E-state index in [1.165, 1.54) is 37.4 Å². The Hall–Kier alpha value is -2.19. The van der Waals surface area contributed by atoms with Crippen molar-refractivity contribution in [2.75, 3.05) is 18.1 Å². The van der Waals surface area contributed by atoms with Crippen molar-refractivity contribution in [1.29, 1.82) is 0 Å². The van der Waals surface area contributed by atoms with Crippen LogP contribution in [0.5, 0.6) is 0 Å². The molecule has 0 bridgehead atoms. The van der Waals surface area contributed by atoms with Crippen molar-refractivity contribution in [3.8, 4) is 0 Å². The zero-order chi connectivity index (χ0) is 15.6. The van der Waals surface area contributed by atoms with Crippen LogP contribution in [0.25, 0.3) is 0 Å². The maximum atomic E-state index is 13.6. The van der Waals surface area contributed by atoms with Crippen molar-refractivity contribution < 1.29 is 17.2 Å². The van der Waals surface area contributed by atoms with E-state index in [1.807, 2.05) is 0 Å². The number of nitrogens with one attached hydrogen (secondary N) is 2. The zero-order valence-electron chi connectivity index (χ0n) is 11.0. The summed E-state index contributed by atoms with van der Waals surface area (Å²) in [7, 11) is -2.34. The summed E-state index contributed by atoms with van der Waals surface area (Å²) in [4.78, 5) is -0.0206. The lowest BCUT2D eigenvalue weighted by molar-refractivity contribution is 0.512. The Morgan fingerprint density at radius 1 is 1.10 bits per heavy atom. The molecule has 0 saturated heterocycles. The van der Waals surface area contributed by atoms with E-state index in [2.05, 4.69) is 10.0 Å². The normalized spacial score (nSPS) is 11.4. The van der Waals surface area contributed by atoms with Crippen LogP contribution in [0, 0.1) is 11.6 Å². The lowest BCUT2D eigenvalue weighted by Crippen LogP contribution is -2.18. The second kappa shape index (κ2) is 5.66. The minimum atomic E-state index is -3.62. The number of sulfonamides is 1. The third-order valence-electron chi connectivity index (χ3n) is 2.82. The van der Waals surface area contributed by atoms with E-state index in [0.717, 1.165) is 6.07 Å². The highest BCUT2D eigenvalue weighted by Crippen LogP contribution is 2.27. The molecule has 0 unspecified atom stereocenters. The molecule has 112 valence electrons. The van der Waals surface area contributed by atoms with Crippen molar-refractivity contribution in [1.82, 2.24) is 4.72 Å². The van der Waals surface area contributed by atoms with Gasteiger partial charge in [-0.1, -0.05) is 6.07 Å². The maximum Gasteiger partial charge on any atom is 0.240 e. The van der Waals surface area contributed by atoms with E-state index in [0.29, 0.717) is 0 Å². The number of nitrogens with two attached hydrogens (primary N) is 1. The third-order valence-corrected chi connectivity index (χ3v) is 4.23. The lowest BCUT2D eigenvalue weighted by Gasteiger charge is -2.12. The van der Waals surface area contributed by atoms with Crippen LogP contribution >= 0.6 is 0 Å². The molecular formula is C13H13F2N3O2S. The predicted octanol–water partition coefficient (Wildman–Crippen LogP) is 2.20. The second-order valence-electron chi connectivity index (χ2n) is 4.18. The van der Waals surface area contributed by atoms with Crippen molar-refractivity contribution in [2.45, 2.75) is 4.90 Å². The maximum absolute atomic E-state index is 13.6. The summed E-state index contributed by atoms with van der Waals surface area (Å²) in [5.74, 6) is -2.03. The van der Waals surface area contributed by atoms with Crippen LogP contribution < -0.4 is 15.8 Å². The average Bonchev–Trinajstić information content (AvgIpc) is 2.45. The van der Waals surface area contributed by atoms with E-state index in [1.54, 1.807) is 0 Å². The number of benzene rings is 2. The average molecular weight is 313 g/mol. The molecule has 0 aliphatic heterocycles. The summed E-state index contributed by atoms with van der Waals surface area (Å²) in [6.45, 7) is 0. The van der Waals surface area contributed by atoms with Crippen molar-refractivity contribution in [3.05, 3.63) is 48.0 Å². The summed E-state index contributed by atoms with van der Waals surface area (Å²) in [5, 5.41) is 2.62. The van der Waals surface area contributed by atoms with Crippen molar-refractivity contribution in [2.24, 2.45) is 0 Å². The minimum Gasteiger partial charge on any atom is -0.397 e. The Morgan fingerprint density at radius 2 is 1.81 bits per heavy atom. The fraction of sp³-hybridized carbons (Fsp3) is 0.0769. The molecule has 0 aliphatic rings. The Kier molecular flexibility index (Phi) is 4.10. The van der Waals surface area contributed by atoms with Crippen molar-refractivity contribution in [3.63, 3.8) is 0 Å². The Labute approximate surface area is 120 Å². The number of rotatable bonds is 4. The highest BCUT2D eigenvalue weighted by atomic mass is 32.2. The van der Waals surface area contributed by atoms with Gasteiger partial charge in [0, 0.05) is 0 Å². The van der Waals surface area contributed by atoms with Crippen LogP contribution in [0.15, 0.2) is 41.3 Å². The van der Waals surface area contributed by atoms with E-state index in [-0.39, 0.29) is 22.0 Å². The Morgan fingerprint density at radius 3 is 2.43 bits per heavy atom. The van der Waals surface area contributed by atoms with Gasteiger partial charge < -0.3 is 11.1 Å². The summed E-state index contributed by atoms with van der Waals surface area (Å²) in [6, 6.07) is 7.59. The number of halogens is 2. The molecule has 0 amide bonds. The van der Waals surface area contributed by atoms with Gasteiger partial charge in [0.15, 0.2) is 11.6 Å². The number of hydrogen-bond acceptors (Lipinski definition) is 4. The summed E-state index contributed by atoms with van der Waals surface area (Å²) < 4.78 is 52.1. The Bertz CT molecular complexity index is 779. The number of anilines is 3. The van der Waals surface area contributed by atoms with Gasteiger partial charge in [-0.3, -0.25) is 0 Å². The van der Waals surface area contributed by atoms with Crippen molar-refractivity contribution >= 4 is 27.1 Å². The standard InChI is InChI=1S/C13H13F2N3O2S/c1-17-21(19,20)8-5-6-11(10(16)7-8)18-12-4-2-3-9(14)13(12)15/h2-7,17-18H,16H2,1H3. The number of hydrogen-bond donors (Lipinski definition) is 3. The molecule has 0 fully saturated rings. The monoisotopic (exact) mass is 313 g/mol. The van der Waals surface area contributed by atoms with E-state index >= 15 is 0 Å². The first-order valence-electron chi connectivity index (χ1n) is 5.89.